The quantitative estimate of drug-likeness (QED) is 0.531. The zero-order valence-electron chi connectivity index (χ0n) is 6.26. The fourth-order valence-corrected chi connectivity index (χ4v) is 1.17. The first kappa shape index (κ1) is 11.6. The van der Waals surface area contributed by atoms with Crippen LogP contribution in [-0.4, -0.2) is 13.0 Å². The van der Waals surface area contributed by atoms with E-state index in [0.717, 1.165) is 5.56 Å². The van der Waals surface area contributed by atoms with Crippen molar-refractivity contribution in [3.63, 3.8) is 0 Å². The molecule has 0 fully saturated rings. The van der Waals surface area contributed by atoms with Crippen molar-refractivity contribution in [1.29, 1.82) is 0 Å². The molecule has 0 bridgehead atoms. The maximum absolute atomic E-state index is 10.4. The summed E-state index contributed by atoms with van der Waals surface area (Å²) in [6, 6.07) is 5.78. The second-order valence-electron chi connectivity index (χ2n) is 2.27. The molecule has 0 atom stereocenters. The summed E-state index contributed by atoms with van der Waals surface area (Å²) in [5.74, 6) is 0. The summed E-state index contributed by atoms with van der Waals surface area (Å²) in [4.78, 5) is -0.178. The molecule has 0 amide bonds. The number of hydrogen-bond acceptors (Lipinski definition) is 3. The summed E-state index contributed by atoms with van der Waals surface area (Å²) in [6.45, 7) is 1.82. The Morgan fingerprint density at radius 1 is 1.17 bits per heavy atom. The molecule has 0 aliphatic heterocycles. The Balaban J connectivity index is 0.00000121. The first-order valence-corrected chi connectivity index (χ1v) is 4.43. The van der Waals surface area contributed by atoms with Gasteiger partial charge in [-0.3, -0.25) is 0 Å². The van der Waals surface area contributed by atoms with Crippen LogP contribution in [0.5, 0.6) is 0 Å². The molecule has 1 aromatic carbocycles. The molecule has 0 saturated heterocycles. The van der Waals surface area contributed by atoms with Crippen molar-refractivity contribution in [3.05, 3.63) is 29.8 Å². The van der Waals surface area contributed by atoms with Gasteiger partial charge in [-0.15, -0.1) is 0 Å². The fraction of sp³-hybridized carbons (Fsp3) is 0.143. The molecular formula is C7H7NiO3S+. The average Bonchev–Trinajstić information content (AvgIpc) is 1.86. The summed E-state index contributed by atoms with van der Waals surface area (Å²) in [7, 11) is -4.27. The van der Waals surface area contributed by atoms with Crippen LogP contribution in [0.4, 0.5) is 0 Å². The fourth-order valence-electron chi connectivity index (χ4n) is 0.705. The molecule has 0 spiro atoms. The van der Waals surface area contributed by atoms with Gasteiger partial charge < -0.3 is 4.55 Å². The minimum Gasteiger partial charge on any atom is -0.744 e. The van der Waals surface area contributed by atoms with Gasteiger partial charge in [0.2, 0.25) is 0 Å². The van der Waals surface area contributed by atoms with E-state index >= 15 is 0 Å². The van der Waals surface area contributed by atoms with E-state index in [9.17, 15) is 13.0 Å². The van der Waals surface area contributed by atoms with Crippen molar-refractivity contribution in [1.82, 2.24) is 0 Å². The van der Waals surface area contributed by atoms with E-state index in [0.29, 0.717) is 0 Å². The maximum Gasteiger partial charge on any atom is 2.00 e. The largest absolute Gasteiger partial charge is 2.00 e. The Morgan fingerprint density at radius 3 is 1.92 bits per heavy atom. The first-order chi connectivity index (χ1) is 5.00. The van der Waals surface area contributed by atoms with E-state index < -0.39 is 10.1 Å². The molecule has 0 aliphatic rings. The van der Waals surface area contributed by atoms with Crippen LogP contribution >= 0.6 is 0 Å². The summed E-state index contributed by atoms with van der Waals surface area (Å²) in [5.41, 5.74) is 0.928. The molecule has 0 saturated carbocycles. The Labute approximate surface area is 81.5 Å². The Morgan fingerprint density at radius 2 is 1.58 bits per heavy atom. The van der Waals surface area contributed by atoms with Crippen LogP contribution in [0.1, 0.15) is 5.56 Å². The van der Waals surface area contributed by atoms with Crippen molar-refractivity contribution < 1.29 is 29.5 Å². The van der Waals surface area contributed by atoms with Gasteiger partial charge >= 0.3 is 16.5 Å². The van der Waals surface area contributed by atoms with Crippen LogP contribution in [0.15, 0.2) is 29.2 Å². The van der Waals surface area contributed by atoms with Crippen molar-refractivity contribution in [2.45, 2.75) is 11.8 Å². The van der Waals surface area contributed by atoms with E-state index in [1.54, 1.807) is 12.1 Å². The Bertz CT molecular complexity index is 341. The zero-order valence-corrected chi connectivity index (χ0v) is 8.06. The molecule has 0 unspecified atom stereocenters. The Hall–Kier alpha value is -0.376. The van der Waals surface area contributed by atoms with Crippen LogP contribution in [0, 0.1) is 6.92 Å². The van der Waals surface area contributed by atoms with Crippen molar-refractivity contribution in [3.8, 4) is 0 Å². The first-order valence-electron chi connectivity index (χ1n) is 3.03. The van der Waals surface area contributed by atoms with Gasteiger partial charge in [0.15, 0.2) is 0 Å². The van der Waals surface area contributed by atoms with Crippen LogP contribution in [0.3, 0.4) is 0 Å². The van der Waals surface area contributed by atoms with Gasteiger partial charge in [-0.25, -0.2) is 8.42 Å². The van der Waals surface area contributed by atoms with E-state index in [4.69, 9.17) is 0 Å². The molecule has 12 heavy (non-hydrogen) atoms. The molecule has 3 nitrogen and oxygen atoms in total. The van der Waals surface area contributed by atoms with Crippen molar-refractivity contribution >= 4 is 10.1 Å². The van der Waals surface area contributed by atoms with Crippen molar-refractivity contribution in [2.24, 2.45) is 0 Å². The van der Waals surface area contributed by atoms with Crippen LogP contribution in [0.2, 0.25) is 0 Å². The summed E-state index contributed by atoms with van der Waals surface area (Å²) >= 11 is 0. The van der Waals surface area contributed by atoms with E-state index in [1.165, 1.54) is 12.1 Å². The molecule has 0 aliphatic carbocycles. The molecule has 5 heteroatoms. The average molecular weight is 230 g/mol. The molecule has 0 N–H and O–H groups in total. The molecule has 68 valence electrons. The topological polar surface area (TPSA) is 57.2 Å². The Kier molecular flexibility index (Phi) is 3.90. The monoisotopic (exact) mass is 229 g/mol. The van der Waals surface area contributed by atoms with E-state index in [2.05, 4.69) is 0 Å². The SMILES string of the molecule is Cc1ccc(S(=O)(=O)[O-])cc1.[Ni+2]. The molecule has 0 heterocycles. The smallest absolute Gasteiger partial charge is 0.744 e. The van der Waals surface area contributed by atoms with Gasteiger partial charge in [-0.2, -0.15) is 0 Å². The third-order valence-electron chi connectivity index (χ3n) is 1.31. The van der Waals surface area contributed by atoms with Gasteiger partial charge in [0, 0.05) is 0 Å². The molecule has 1 aromatic rings. The minimum absolute atomic E-state index is 0. The molecular weight excluding hydrogens is 223 g/mol. The second-order valence-corrected chi connectivity index (χ2v) is 3.65. The molecule has 0 aromatic heterocycles. The predicted molar refractivity (Wildman–Crippen MR) is 39.1 cm³/mol. The van der Waals surface area contributed by atoms with Gasteiger partial charge in [-0.05, 0) is 19.1 Å². The molecule has 1 rings (SSSR count). The van der Waals surface area contributed by atoms with Gasteiger partial charge in [-0.1, -0.05) is 17.7 Å². The summed E-state index contributed by atoms with van der Waals surface area (Å²) < 4.78 is 31.2. The minimum atomic E-state index is -4.27. The van der Waals surface area contributed by atoms with Gasteiger partial charge in [0.25, 0.3) is 0 Å². The third kappa shape index (κ3) is 2.93. The van der Waals surface area contributed by atoms with Crippen LogP contribution in [-0.2, 0) is 26.6 Å². The van der Waals surface area contributed by atoms with Crippen LogP contribution < -0.4 is 0 Å². The van der Waals surface area contributed by atoms with Gasteiger partial charge in [0.1, 0.15) is 10.1 Å². The summed E-state index contributed by atoms with van der Waals surface area (Å²) in [6.07, 6.45) is 0. The van der Waals surface area contributed by atoms with E-state index in [1.807, 2.05) is 6.92 Å². The van der Waals surface area contributed by atoms with Crippen LogP contribution in [0.25, 0.3) is 0 Å². The number of hydrogen-bond donors (Lipinski definition) is 0. The number of rotatable bonds is 1. The normalized spacial score (nSPS) is 10.5. The van der Waals surface area contributed by atoms with E-state index in [-0.39, 0.29) is 21.4 Å². The zero-order chi connectivity index (χ0) is 8.48. The predicted octanol–water partition coefficient (Wildman–Crippen LogP) is 0.897. The number of benzene rings is 1. The maximum atomic E-state index is 10.4. The van der Waals surface area contributed by atoms with Crippen molar-refractivity contribution in [2.75, 3.05) is 0 Å². The summed E-state index contributed by atoms with van der Waals surface area (Å²) in [5, 5.41) is 0. The third-order valence-corrected chi connectivity index (χ3v) is 2.16. The standard InChI is InChI=1S/C7H8O3S.Ni/c1-6-2-4-7(5-3-6)11(8,9)10;/h2-5H,1H3,(H,8,9,10);/q;+2/p-1. The van der Waals surface area contributed by atoms with Gasteiger partial charge in [0.05, 0.1) is 4.90 Å². The number of aryl methyl sites for hydroxylation is 1. The second kappa shape index (κ2) is 4.03. The molecule has 0 radical (unpaired) electrons.